The number of phenolic OH excluding ortho intramolecular Hbond substituents is 2. The number of aromatic hydroxyl groups is 2. The number of carbonyl (C=O) groups is 2. The van der Waals surface area contributed by atoms with E-state index < -0.39 is 29.7 Å². The predicted octanol–water partition coefficient (Wildman–Crippen LogP) is 2.79. The molecule has 0 saturated carbocycles. The first kappa shape index (κ1) is 22.6. The minimum atomic E-state index is -1.76. The molecule has 152 valence electrons. The molecule has 0 radical (unpaired) electrons. The summed E-state index contributed by atoms with van der Waals surface area (Å²) in [6, 6.07) is 3.98. The van der Waals surface area contributed by atoms with E-state index >= 15 is 0 Å². The zero-order valence-electron chi connectivity index (χ0n) is 16.0. The lowest BCUT2D eigenvalue weighted by atomic mass is 9.78. The standard InChI is InChI=1S/C19H29NO7/c1-4-5-6-9-26-18(25)27-13(3)12(2)19(20,17(23)24)11-14-7-8-15(21)16(22)10-14/h7-8,10,12-13,21-22H,4-6,9,11,20H2,1-3H3,(H,23,24)/t12-,13+,19-/m1/s1. The molecule has 5 N–H and O–H groups in total. The lowest BCUT2D eigenvalue weighted by Crippen LogP contribution is -2.58. The van der Waals surface area contributed by atoms with Crippen molar-refractivity contribution in [1.82, 2.24) is 0 Å². The third-order valence-electron chi connectivity index (χ3n) is 4.70. The number of carboxylic acid groups (broad SMARTS) is 1. The Kier molecular flexibility index (Phi) is 8.36. The molecular formula is C19H29NO7. The van der Waals surface area contributed by atoms with E-state index in [4.69, 9.17) is 15.2 Å². The summed E-state index contributed by atoms with van der Waals surface area (Å²) in [6.45, 7) is 5.40. The summed E-state index contributed by atoms with van der Waals surface area (Å²) < 4.78 is 10.2. The van der Waals surface area contributed by atoms with E-state index in [1.807, 2.05) is 6.92 Å². The first-order chi connectivity index (χ1) is 12.6. The fraction of sp³-hybridized carbons (Fsp3) is 0.579. The molecular weight excluding hydrogens is 354 g/mol. The molecule has 3 atom stereocenters. The van der Waals surface area contributed by atoms with Crippen LogP contribution in [0.5, 0.6) is 11.5 Å². The van der Waals surface area contributed by atoms with Gasteiger partial charge in [-0.25, -0.2) is 4.79 Å². The third kappa shape index (κ3) is 6.32. The summed E-state index contributed by atoms with van der Waals surface area (Å²) in [4.78, 5) is 23.6. The molecule has 0 aliphatic carbocycles. The average molecular weight is 383 g/mol. The number of hydrogen-bond acceptors (Lipinski definition) is 7. The van der Waals surface area contributed by atoms with Gasteiger partial charge in [-0.15, -0.1) is 0 Å². The molecule has 0 heterocycles. The highest BCUT2D eigenvalue weighted by Gasteiger charge is 2.44. The number of aliphatic carboxylic acids is 1. The second-order valence-corrected chi connectivity index (χ2v) is 6.76. The second-order valence-electron chi connectivity index (χ2n) is 6.76. The SMILES string of the molecule is CCCCCOC(=O)O[C@@H](C)[C@@H](C)[C@](N)(Cc1ccc(O)c(O)c1)C(=O)O. The number of phenols is 2. The summed E-state index contributed by atoms with van der Waals surface area (Å²) in [6.07, 6.45) is 0.860. The van der Waals surface area contributed by atoms with Crippen molar-refractivity contribution in [3.05, 3.63) is 23.8 Å². The van der Waals surface area contributed by atoms with Crippen molar-refractivity contribution in [2.24, 2.45) is 11.7 Å². The monoisotopic (exact) mass is 383 g/mol. The highest BCUT2D eigenvalue weighted by molar-refractivity contribution is 5.79. The van der Waals surface area contributed by atoms with Gasteiger partial charge in [-0.1, -0.05) is 32.8 Å². The largest absolute Gasteiger partial charge is 0.508 e. The molecule has 8 heteroatoms. The Labute approximate surface area is 158 Å². The Balaban J connectivity index is 2.80. The van der Waals surface area contributed by atoms with Crippen LogP contribution in [0, 0.1) is 5.92 Å². The van der Waals surface area contributed by atoms with Gasteiger partial charge in [0.15, 0.2) is 11.5 Å². The number of ether oxygens (including phenoxy) is 2. The molecule has 27 heavy (non-hydrogen) atoms. The summed E-state index contributed by atoms with van der Waals surface area (Å²) >= 11 is 0. The second kappa shape index (κ2) is 10.0. The molecule has 0 unspecified atom stereocenters. The van der Waals surface area contributed by atoms with Gasteiger partial charge in [0, 0.05) is 12.3 Å². The van der Waals surface area contributed by atoms with E-state index in [-0.39, 0.29) is 24.5 Å². The molecule has 0 aromatic heterocycles. The summed E-state index contributed by atoms with van der Waals surface area (Å²) in [5.41, 5.74) is 4.81. The maximum atomic E-state index is 11.8. The van der Waals surface area contributed by atoms with E-state index in [9.17, 15) is 24.9 Å². The van der Waals surface area contributed by atoms with Crippen LogP contribution in [0.2, 0.25) is 0 Å². The highest BCUT2D eigenvalue weighted by Crippen LogP contribution is 2.30. The third-order valence-corrected chi connectivity index (χ3v) is 4.70. The maximum Gasteiger partial charge on any atom is 0.508 e. The normalized spacial score (nSPS) is 15.4. The van der Waals surface area contributed by atoms with E-state index in [0.717, 1.165) is 19.3 Å². The summed E-state index contributed by atoms with van der Waals surface area (Å²) in [5.74, 6) is -2.71. The van der Waals surface area contributed by atoms with Crippen molar-refractivity contribution >= 4 is 12.1 Å². The fourth-order valence-corrected chi connectivity index (χ4v) is 2.66. The Morgan fingerprint density at radius 1 is 1.19 bits per heavy atom. The fourth-order valence-electron chi connectivity index (χ4n) is 2.66. The van der Waals surface area contributed by atoms with Crippen molar-refractivity contribution in [1.29, 1.82) is 0 Å². The molecule has 0 saturated heterocycles. The van der Waals surface area contributed by atoms with Gasteiger partial charge in [-0.05, 0) is 31.0 Å². The smallest absolute Gasteiger partial charge is 0.504 e. The van der Waals surface area contributed by atoms with Crippen LogP contribution in [0.4, 0.5) is 4.79 Å². The molecule has 0 aliphatic rings. The molecule has 0 fully saturated rings. The molecule has 1 rings (SSSR count). The molecule has 1 aromatic carbocycles. The first-order valence-electron chi connectivity index (χ1n) is 8.98. The summed E-state index contributed by atoms with van der Waals surface area (Å²) in [7, 11) is 0. The minimum Gasteiger partial charge on any atom is -0.504 e. The molecule has 1 aromatic rings. The predicted molar refractivity (Wildman–Crippen MR) is 98.6 cm³/mol. The van der Waals surface area contributed by atoms with E-state index in [1.165, 1.54) is 18.2 Å². The van der Waals surface area contributed by atoms with Crippen molar-refractivity contribution in [2.45, 2.75) is 58.1 Å². The molecule has 0 spiro atoms. The lowest BCUT2D eigenvalue weighted by molar-refractivity contribution is -0.147. The van der Waals surface area contributed by atoms with Gasteiger partial charge >= 0.3 is 12.1 Å². The van der Waals surface area contributed by atoms with Crippen LogP contribution in [-0.2, 0) is 20.7 Å². The van der Waals surface area contributed by atoms with Gasteiger partial charge in [0.25, 0.3) is 0 Å². The van der Waals surface area contributed by atoms with Crippen LogP contribution < -0.4 is 5.73 Å². The molecule has 8 nitrogen and oxygen atoms in total. The average Bonchev–Trinajstić information content (AvgIpc) is 2.60. The van der Waals surface area contributed by atoms with E-state index in [2.05, 4.69) is 0 Å². The van der Waals surface area contributed by atoms with Crippen molar-refractivity contribution in [3.63, 3.8) is 0 Å². The zero-order chi connectivity index (χ0) is 20.6. The maximum absolute atomic E-state index is 11.8. The van der Waals surface area contributed by atoms with Crippen LogP contribution in [0.3, 0.4) is 0 Å². The molecule has 0 amide bonds. The van der Waals surface area contributed by atoms with Gasteiger partial charge in [0.2, 0.25) is 0 Å². The van der Waals surface area contributed by atoms with E-state index in [0.29, 0.717) is 5.56 Å². The Hall–Kier alpha value is -2.48. The number of rotatable bonds is 10. The van der Waals surface area contributed by atoms with E-state index in [1.54, 1.807) is 13.8 Å². The zero-order valence-corrected chi connectivity index (χ0v) is 16.0. The van der Waals surface area contributed by atoms with Gasteiger partial charge in [0.05, 0.1) is 6.61 Å². The van der Waals surface area contributed by atoms with Crippen LogP contribution in [0.1, 0.15) is 45.6 Å². The van der Waals surface area contributed by atoms with Crippen LogP contribution in [0.15, 0.2) is 18.2 Å². The van der Waals surface area contributed by atoms with Crippen molar-refractivity contribution in [2.75, 3.05) is 6.61 Å². The van der Waals surface area contributed by atoms with Gasteiger partial charge in [-0.2, -0.15) is 0 Å². The number of nitrogens with two attached hydrogens (primary N) is 1. The number of benzene rings is 1. The lowest BCUT2D eigenvalue weighted by Gasteiger charge is -2.34. The van der Waals surface area contributed by atoms with Gasteiger partial charge in [-0.3, -0.25) is 4.79 Å². The van der Waals surface area contributed by atoms with Crippen molar-refractivity contribution in [3.8, 4) is 11.5 Å². The molecule has 0 bridgehead atoms. The van der Waals surface area contributed by atoms with Crippen LogP contribution >= 0.6 is 0 Å². The highest BCUT2D eigenvalue weighted by atomic mass is 16.7. The number of hydrogen-bond donors (Lipinski definition) is 4. The number of carboxylic acids is 1. The minimum absolute atomic E-state index is 0.128. The topological polar surface area (TPSA) is 139 Å². The number of carbonyl (C=O) groups excluding carboxylic acids is 1. The van der Waals surface area contributed by atoms with Crippen LogP contribution in [-0.4, -0.2) is 45.7 Å². The first-order valence-corrected chi connectivity index (χ1v) is 8.98. The number of unbranched alkanes of at least 4 members (excludes halogenated alkanes) is 2. The van der Waals surface area contributed by atoms with Crippen molar-refractivity contribution < 1.29 is 34.4 Å². The Morgan fingerprint density at radius 2 is 1.85 bits per heavy atom. The molecule has 0 aliphatic heterocycles. The Morgan fingerprint density at radius 3 is 2.41 bits per heavy atom. The Bertz CT molecular complexity index is 649. The van der Waals surface area contributed by atoms with Gasteiger partial charge < -0.3 is 30.5 Å². The quantitative estimate of drug-likeness (QED) is 0.275. The summed E-state index contributed by atoms with van der Waals surface area (Å²) in [5, 5.41) is 28.6. The van der Waals surface area contributed by atoms with Crippen LogP contribution in [0.25, 0.3) is 0 Å². The van der Waals surface area contributed by atoms with Gasteiger partial charge in [0.1, 0.15) is 11.6 Å².